The summed E-state index contributed by atoms with van der Waals surface area (Å²) in [7, 11) is 0. The lowest BCUT2D eigenvalue weighted by Gasteiger charge is -2.08. The Morgan fingerprint density at radius 1 is 1.00 bits per heavy atom. The van der Waals surface area contributed by atoms with Gasteiger partial charge in [0.25, 0.3) is 5.91 Å². The van der Waals surface area contributed by atoms with Gasteiger partial charge in [-0.25, -0.2) is 9.97 Å². The van der Waals surface area contributed by atoms with E-state index < -0.39 is 5.91 Å². The average Bonchev–Trinajstić information content (AvgIpc) is 2.64. The predicted octanol–water partition coefficient (Wildman–Crippen LogP) is 3.27. The Labute approximate surface area is 153 Å². The lowest BCUT2D eigenvalue weighted by Crippen LogP contribution is -2.12. The van der Waals surface area contributed by atoms with Gasteiger partial charge in [0.05, 0.1) is 17.4 Å². The van der Waals surface area contributed by atoms with Gasteiger partial charge < -0.3 is 15.8 Å². The minimum Gasteiger partial charge on any atom is -0.439 e. The summed E-state index contributed by atoms with van der Waals surface area (Å²) in [4.78, 5) is 31.3. The van der Waals surface area contributed by atoms with Crippen molar-refractivity contribution in [2.75, 3.05) is 5.32 Å². The highest BCUT2D eigenvalue weighted by Gasteiger charge is 2.08. The number of carbonyl (C=O) groups excluding carboxylic acids is 2. The number of carbonyl (C=O) groups is 2. The van der Waals surface area contributed by atoms with Crippen molar-refractivity contribution in [2.45, 2.75) is 0 Å². The summed E-state index contributed by atoms with van der Waals surface area (Å²) in [6, 6.07) is 12.8. The van der Waals surface area contributed by atoms with E-state index in [0.717, 1.165) is 0 Å². The smallest absolute Gasteiger partial charge is 0.257 e. The van der Waals surface area contributed by atoms with E-state index in [1.54, 1.807) is 36.4 Å². The van der Waals surface area contributed by atoms with E-state index >= 15 is 0 Å². The van der Waals surface area contributed by atoms with E-state index in [1.807, 2.05) is 0 Å². The Hall–Kier alpha value is -3.45. The molecule has 7 nitrogen and oxygen atoms in total. The Balaban J connectivity index is 1.66. The van der Waals surface area contributed by atoms with Crippen molar-refractivity contribution in [3.05, 3.63) is 77.2 Å². The molecule has 0 spiro atoms. The number of anilines is 1. The van der Waals surface area contributed by atoms with Gasteiger partial charge in [0, 0.05) is 17.8 Å². The number of benzene rings is 1. The van der Waals surface area contributed by atoms with Crippen LogP contribution in [0.1, 0.15) is 20.7 Å². The molecule has 0 aliphatic carbocycles. The first-order chi connectivity index (χ1) is 12.5. The average molecular weight is 369 g/mol. The summed E-state index contributed by atoms with van der Waals surface area (Å²) in [6.07, 6.45) is 2.84. The van der Waals surface area contributed by atoms with Gasteiger partial charge in [-0.05, 0) is 36.4 Å². The molecule has 2 heterocycles. The number of amides is 2. The van der Waals surface area contributed by atoms with Crippen LogP contribution >= 0.6 is 11.6 Å². The van der Waals surface area contributed by atoms with E-state index in [0.29, 0.717) is 33.6 Å². The SMILES string of the molecule is NC(=O)c1cccc(Oc2ccc(NC(=O)c3ccc(Cl)nc3)cn2)c1. The fraction of sp³-hybridized carbons (Fsp3) is 0. The zero-order valence-electron chi connectivity index (χ0n) is 13.3. The van der Waals surface area contributed by atoms with Gasteiger partial charge in [-0.2, -0.15) is 0 Å². The van der Waals surface area contributed by atoms with Gasteiger partial charge in [-0.1, -0.05) is 17.7 Å². The van der Waals surface area contributed by atoms with Crippen LogP contribution in [-0.4, -0.2) is 21.8 Å². The maximum absolute atomic E-state index is 12.1. The van der Waals surface area contributed by atoms with Crippen LogP contribution < -0.4 is 15.8 Å². The highest BCUT2D eigenvalue weighted by molar-refractivity contribution is 6.29. The standard InChI is InChI=1S/C18H13ClN4O3/c19-15-6-4-12(9-21-15)18(25)23-13-5-7-16(22-10-13)26-14-3-1-2-11(8-14)17(20)24/h1-10H,(H2,20,24)(H,23,25). The number of hydrogen-bond acceptors (Lipinski definition) is 5. The third kappa shape index (κ3) is 4.34. The van der Waals surface area contributed by atoms with Crippen LogP contribution in [0.15, 0.2) is 60.9 Å². The number of hydrogen-bond donors (Lipinski definition) is 2. The van der Waals surface area contributed by atoms with Gasteiger partial charge in [0.2, 0.25) is 11.8 Å². The second-order valence-electron chi connectivity index (χ2n) is 5.20. The second-order valence-corrected chi connectivity index (χ2v) is 5.59. The molecule has 3 N–H and O–H groups in total. The first-order valence-corrected chi connectivity index (χ1v) is 7.86. The number of pyridine rings is 2. The zero-order valence-corrected chi connectivity index (χ0v) is 14.1. The van der Waals surface area contributed by atoms with Crippen molar-refractivity contribution in [1.29, 1.82) is 0 Å². The lowest BCUT2D eigenvalue weighted by atomic mass is 10.2. The molecule has 3 rings (SSSR count). The highest BCUT2D eigenvalue weighted by Crippen LogP contribution is 2.21. The minimum absolute atomic E-state index is 0.303. The largest absolute Gasteiger partial charge is 0.439 e. The highest BCUT2D eigenvalue weighted by atomic mass is 35.5. The van der Waals surface area contributed by atoms with Crippen molar-refractivity contribution in [1.82, 2.24) is 9.97 Å². The summed E-state index contributed by atoms with van der Waals surface area (Å²) in [5.41, 5.74) is 6.43. The molecule has 2 aromatic heterocycles. The van der Waals surface area contributed by atoms with Gasteiger partial charge >= 0.3 is 0 Å². The normalized spacial score (nSPS) is 10.2. The number of nitrogens with two attached hydrogens (primary N) is 1. The Morgan fingerprint density at radius 3 is 2.50 bits per heavy atom. The van der Waals surface area contributed by atoms with Crippen LogP contribution in [0.2, 0.25) is 5.15 Å². The molecule has 8 heteroatoms. The van der Waals surface area contributed by atoms with Crippen LogP contribution in [0.3, 0.4) is 0 Å². The molecule has 0 radical (unpaired) electrons. The van der Waals surface area contributed by atoms with Crippen molar-refractivity contribution < 1.29 is 14.3 Å². The van der Waals surface area contributed by atoms with Gasteiger partial charge in [-0.15, -0.1) is 0 Å². The zero-order chi connectivity index (χ0) is 18.5. The molecule has 0 atom stereocenters. The first-order valence-electron chi connectivity index (χ1n) is 7.48. The summed E-state index contributed by atoms with van der Waals surface area (Å²) in [5, 5.41) is 3.00. The van der Waals surface area contributed by atoms with E-state index in [-0.39, 0.29) is 5.91 Å². The molecule has 0 saturated heterocycles. The van der Waals surface area contributed by atoms with Crippen molar-refractivity contribution in [3.8, 4) is 11.6 Å². The molecule has 0 saturated carbocycles. The third-order valence-electron chi connectivity index (χ3n) is 3.32. The first kappa shape index (κ1) is 17.4. The fourth-order valence-electron chi connectivity index (χ4n) is 2.06. The number of nitrogens with zero attached hydrogens (tertiary/aromatic N) is 2. The molecule has 0 unspecified atom stereocenters. The monoisotopic (exact) mass is 368 g/mol. The van der Waals surface area contributed by atoms with Crippen LogP contribution in [0.5, 0.6) is 11.6 Å². The number of rotatable bonds is 5. The summed E-state index contributed by atoms with van der Waals surface area (Å²) >= 11 is 5.70. The molecule has 0 bridgehead atoms. The van der Waals surface area contributed by atoms with Gasteiger partial charge in [0.1, 0.15) is 10.9 Å². The molecule has 0 fully saturated rings. The summed E-state index contributed by atoms with van der Waals surface area (Å²) in [5.74, 6) is -0.146. The number of halogens is 1. The maximum atomic E-state index is 12.1. The van der Waals surface area contributed by atoms with Crippen LogP contribution in [0.4, 0.5) is 5.69 Å². The van der Waals surface area contributed by atoms with Crippen molar-refractivity contribution in [3.63, 3.8) is 0 Å². The molecule has 26 heavy (non-hydrogen) atoms. The van der Waals surface area contributed by atoms with Crippen LogP contribution in [0, 0.1) is 0 Å². The molecular formula is C18H13ClN4O3. The van der Waals surface area contributed by atoms with E-state index in [2.05, 4.69) is 15.3 Å². The third-order valence-corrected chi connectivity index (χ3v) is 3.55. The predicted molar refractivity (Wildman–Crippen MR) is 96.5 cm³/mol. The molecule has 3 aromatic rings. The van der Waals surface area contributed by atoms with E-state index in [9.17, 15) is 9.59 Å². The molecule has 0 aliphatic rings. The number of ether oxygens (including phenoxy) is 1. The Bertz CT molecular complexity index is 943. The lowest BCUT2D eigenvalue weighted by molar-refractivity contribution is 0.0997. The van der Waals surface area contributed by atoms with Crippen LogP contribution in [-0.2, 0) is 0 Å². The number of primary amides is 1. The van der Waals surface area contributed by atoms with Crippen LogP contribution in [0.25, 0.3) is 0 Å². The molecule has 1 aromatic carbocycles. The molecular weight excluding hydrogens is 356 g/mol. The second kappa shape index (κ2) is 7.62. The Kier molecular flexibility index (Phi) is 5.09. The quantitative estimate of drug-likeness (QED) is 0.672. The van der Waals surface area contributed by atoms with Crippen molar-refractivity contribution in [2.24, 2.45) is 5.73 Å². The number of nitrogens with one attached hydrogen (secondary N) is 1. The topological polar surface area (TPSA) is 107 Å². The number of aromatic nitrogens is 2. The molecule has 2 amide bonds. The summed E-state index contributed by atoms with van der Waals surface area (Å²) < 4.78 is 5.57. The van der Waals surface area contributed by atoms with E-state index in [1.165, 1.54) is 24.5 Å². The fourth-order valence-corrected chi connectivity index (χ4v) is 2.17. The van der Waals surface area contributed by atoms with Crippen molar-refractivity contribution >= 4 is 29.1 Å². The molecule has 130 valence electrons. The van der Waals surface area contributed by atoms with Gasteiger partial charge in [0.15, 0.2) is 0 Å². The summed E-state index contributed by atoms with van der Waals surface area (Å²) in [6.45, 7) is 0. The van der Waals surface area contributed by atoms with Gasteiger partial charge in [-0.3, -0.25) is 9.59 Å². The maximum Gasteiger partial charge on any atom is 0.257 e. The minimum atomic E-state index is -0.543. The Morgan fingerprint density at radius 2 is 1.85 bits per heavy atom. The van der Waals surface area contributed by atoms with E-state index in [4.69, 9.17) is 22.1 Å². The molecule has 0 aliphatic heterocycles.